The fraction of sp³-hybridized carbons (Fsp3) is 0.500. The predicted molar refractivity (Wildman–Crippen MR) is 81.2 cm³/mol. The Morgan fingerprint density at radius 3 is 2.55 bits per heavy atom. The Hall–Kier alpha value is -2.10. The quantitative estimate of drug-likeness (QED) is 0.658. The Kier molecular flexibility index (Phi) is 6.83. The van der Waals surface area contributed by atoms with Crippen molar-refractivity contribution < 1.29 is 19.7 Å². The molecular formula is C16H22N2O4. The highest BCUT2D eigenvalue weighted by molar-refractivity contribution is 5.74. The highest BCUT2D eigenvalue weighted by Gasteiger charge is 2.32. The number of carbonyl (C=O) groups is 1. The normalized spacial score (nSPS) is 14.5. The molecule has 1 amide bonds. The van der Waals surface area contributed by atoms with Crippen LogP contribution in [0.15, 0.2) is 24.3 Å². The van der Waals surface area contributed by atoms with E-state index in [2.05, 4.69) is 5.32 Å². The van der Waals surface area contributed by atoms with Crippen LogP contribution in [0.1, 0.15) is 25.3 Å². The molecule has 3 N–H and O–H groups in total. The fourth-order valence-electron chi connectivity index (χ4n) is 2.23. The van der Waals surface area contributed by atoms with Crippen LogP contribution in [-0.4, -0.2) is 41.5 Å². The minimum atomic E-state index is -1.44. The summed E-state index contributed by atoms with van der Waals surface area (Å²) in [5.41, 5.74) is -0.406. The molecule has 0 aliphatic heterocycles. The Labute approximate surface area is 130 Å². The van der Waals surface area contributed by atoms with Gasteiger partial charge in [0, 0.05) is 13.3 Å². The number of aryl methyl sites for hydroxylation is 1. The van der Waals surface area contributed by atoms with Gasteiger partial charge in [-0.3, -0.25) is 4.79 Å². The lowest BCUT2D eigenvalue weighted by atomic mass is 9.91. The molecule has 0 aromatic heterocycles. The summed E-state index contributed by atoms with van der Waals surface area (Å²) in [5.74, 6) is 0.344. The van der Waals surface area contributed by atoms with Gasteiger partial charge in [-0.15, -0.1) is 0 Å². The van der Waals surface area contributed by atoms with Crippen LogP contribution in [0.2, 0.25) is 0 Å². The Morgan fingerprint density at radius 2 is 2.09 bits per heavy atom. The topological polar surface area (TPSA) is 103 Å². The Bertz CT molecular complexity index is 524. The summed E-state index contributed by atoms with van der Waals surface area (Å²) >= 11 is 0. The molecule has 6 nitrogen and oxygen atoms in total. The van der Waals surface area contributed by atoms with E-state index in [-0.39, 0.29) is 6.42 Å². The van der Waals surface area contributed by atoms with Gasteiger partial charge in [0.15, 0.2) is 5.54 Å². The zero-order valence-electron chi connectivity index (χ0n) is 12.9. The standard InChI is InChI=1S/C16H22N2O4/c1-12(20)18-16(10-17,11-19)9-14(21)6-3-13-4-7-15(22-2)8-5-13/h4-5,7-8,14,19,21H,3,6,9,11H2,1-2H3,(H,18,20). The van der Waals surface area contributed by atoms with Crippen LogP contribution in [0, 0.1) is 11.3 Å². The van der Waals surface area contributed by atoms with E-state index in [9.17, 15) is 15.0 Å². The van der Waals surface area contributed by atoms with E-state index >= 15 is 0 Å². The van der Waals surface area contributed by atoms with E-state index in [1.807, 2.05) is 30.3 Å². The molecule has 22 heavy (non-hydrogen) atoms. The second-order valence-electron chi connectivity index (χ2n) is 5.28. The zero-order valence-corrected chi connectivity index (χ0v) is 12.9. The van der Waals surface area contributed by atoms with Crippen LogP contribution in [0.3, 0.4) is 0 Å². The number of aliphatic hydroxyl groups excluding tert-OH is 2. The first kappa shape index (κ1) is 18.0. The summed E-state index contributed by atoms with van der Waals surface area (Å²) in [6.45, 7) is 0.730. The summed E-state index contributed by atoms with van der Waals surface area (Å²) in [6.07, 6.45) is 0.226. The molecule has 0 saturated carbocycles. The number of methoxy groups -OCH3 is 1. The SMILES string of the molecule is COc1ccc(CCC(O)CC(C#N)(CO)NC(C)=O)cc1. The third-order valence-electron chi connectivity index (χ3n) is 3.41. The van der Waals surface area contributed by atoms with Crippen LogP contribution in [0.4, 0.5) is 0 Å². The molecule has 1 aromatic carbocycles. The number of amides is 1. The van der Waals surface area contributed by atoms with Crippen molar-refractivity contribution in [1.29, 1.82) is 5.26 Å². The maximum Gasteiger partial charge on any atom is 0.218 e. The maximum atomic E-state index is 11.1. The van der Waals surface area contributed by atoms with E-state index in [4.69, 9.17) is 10.00 Å². The van der Waals surface area contributed by atoms with Crippen LogP contribution in [0.25, 0.3) is 0 Å². The van der Waals surface area contributed by atoms with Crippen molar-refractivity contribution in [2.45, 2.75) is 37.8 Å². The number of nitriles is 1. The van der Waals surface area contributed by atoms with Crippen LogP contribution < -0.4 is 10.1 Å². The zero-order chi connectivity index (χ0) is 16.6. The summed E-state index contributed by atoms with van der Waals surface area (Å²) in [5, 5.41) is 31.0. The molecule has 0 fully saturated rings. The molecule has 2 atom stereocenters. The number of hydrogen-bond acceptors (Lipinski definition) is 5. The minimum Gasteiger partial charge on any atom is -0.497 e. The van der Waals surface area contributed by atoms with E-state index in [1.165, 1.54) is 6.92 Å². The van der Waals surface area contributed by atoms with Gasteiger partial charge in [-0.25, -0.2) is 0 Å². The number of ether oxygens (including phenoxy) is 1. The van der Waals surface area contributed by atoms with Gasteiger partial charge < -0.3 is 20.3 Å². The van der Waals surface area contributed by atoms with Gasteiger partial charge in [0.05, 0.1) is 25.9 Å². The minimum absolute atomic E-state index is 0.0181. The molecule has 1 aromatic rings. The number of aliphatic hydroxyl groups is 2. The van der Waals surface area contributed by atoms with Crippen LogP contribution in [-0.2, 0) is 11.2 Å². The van der Waals surface area contributed by atoms with Gasteiger partial charge in [0.1, 0.15) is 5.75 Å². The summed E-state index contributed by atoms with van der Waals surface area (Å²) in [6, 6.07) is 9.37. The molecule has 1 rings (SSSR count). The summed E-state index contributed by atoms with van der Waals surface area (Å²) < 4.78 is 5.07. The lowest BCUT2D eigenvalue weighted by Gasteiger charge is -2.27. The van der Waals surface area contributed by atoms with Crippen molar-refractivity contribution in [1.82, 2.24) is 5.32 Å². The second-order valence-corrected chi connectivity index (χ2v) is 5.28. The van der Waals surface area contributed by atoms with Gasteiger partial charge in [-0.2, -0.15) is 5.26 Å². The molecular weight excluding hydrogens is 284 g/mol. The van der Waals surface area contributed by atoms with E-state index in [0.29, 0.717) is 12.8 Å². The number of nitrogens with one attached hydrogen (secondary N) is 1. The number of hydrogen-bond donors (Lipinski definition) is 3. The molecule has 0 aliphatic rings. The van der Waals surface area contributed by atoms with Crippen molar-refractivity contribution >= 4 is 5.91 Å². The predicted octanol–water partition coefficient (Wildman–Crippen LogP) is 0.770. The molecule has 120 valence electrons. The second kappa shape index (κ2) is 8.37. The van der Waals surface area contributed by atoms with Crippen molar-refractivity contribution in [2.75, 3.05) is 13.7 Å². The molecule has 0 bridgehead atoms. The molecule has 0 aliphatic carbocycles. The smallest absolute Gasteiger partial charge is 0.218 e. The summed E-state index contributed by atoms with van der Waals surface area (Å²) in [4.78, 5) is 11.1. The number of carbonyl (C=O) groups excluding carboxylic acids is 1. The van der Waals surface area contributed by atoms with Crippen molar-refractivity contribution in [3.05, 3.63) is 29.8 Å². The molecule has 0 saturated heterocycles. The van der Waals surface area contributed by atoms with Crippen LogP contribution >= 0.6 is 0 Å². The van der Waals surface area contributed by atoms with E-state index < -0.39 is 24.2 Å². The van der Waals surface area contributed by atoms with Gasteiger partial charge in [0.2, 0.25) is 5.91 Å². The molecule has 0 spiro atoms. The molecule has 0 radical (unpaired) electrons. The number of rotatable bonds is 8. The Morgan fingerprint density at radius 1 is 1.45 bits per heavy atom. The average Bonchev–Trinajstić information content (AvgIpc) is 2.52. The van der Waals surface area contributed by atoms with Gasteiger partial charge in [-0.1, -0.05) is 12.1 Å². The van der Waals surface area contributed by atoms with Crippen molar-refractivity contribution in [3.8, 4) is 11.8 Å². The van der Waals surface area contributed by atoms with Crippen molar-refractivity contribution in [3.63, 3.8) is 0 Å². The number of nitrogens with zero attached hydrogens (tertiary/aromatic N) is 1. The molecule has 6 heteroatoms. The molecule has 2 unspecified atom stereocenters. The van der Waals surface area contributed by atoms with Gasteiger partial charge in [0.25, 0.3) is 0 Å². The lowest BCUT2D eigenvalue weighted by Crippen LogP contribution is -2.51. The van der Waals surface area contributed by atoms with Crippen molar-refractivity contribution in [2.24, 2.45) is 0 Å². The third kappa shape index (κ3) is 5.35. The van der Waals surface area contributed by atoms with E-state index in [0.717, 1.165) is 11.3 Å². The largest absolute Gasteiger partial charge is 0.497 e. The first-order valence-electron chi connectivity index (χ1n) is 7.06. The lowest BCUT2D eigenvalue weighted by molar-refractivity contribution is -0.121. The van der Waals surface area contributed by atoms with Gasteiger partial charge >= 0.3 is 0 Å². The molecule has 0 heterocycles. The number of benzene rings is 1. The first-order valence-corrected chi connectivity index (χ1v) is 7.06. The Balaban J connectivity index is 2.58. The van der Waals surface area contributed by atoms with Crippen LogP contribution in [0.5, 0.6) is 5.75 Å². The third-order valence-corrected chi connectivity index (χ3v) is 3.41. The van der Waals surface area contributed by atoms with E-state index in [1.54, 1.807) is 7.11 Å². The average molecular weight is 306 g/mol. The summed E-state index contributed by atoms with van der Waals surface area (Å²) in [7, 11) is 1.59. The first-order chi connectivity index (χ1) is 10.4. The fourth-order valence-corrected chi connectivity index (χ4v) is 2.23. The maximum absolute atomic E-state index is 11.1. The highest BCUT2D eigenvalue weighted by atomic mass is 16.5. The van der Waals surface area contributed by atoms with Gasteiger partial charge in [-0.05, 0) is 30.5 Å². The monoisotopic (exact) mass is 306 g/mol. The highest BCUT2D eigenvalue weighted by Crippen LogP contribution is 2.17.